The molecule has 0 aliphatic heterocycles. The van der Waals surface area contributed by atoms with Gasteiger partial charge in [-0.2, -0.15) is 20.5 Å². The fourth-order valence-corrected chi connectivity index (χ4v) is 10.5. The highest BCUT2D eigenvalue weighted by Gasteiger charge is 2.38. The van der Waals surface area contributed by atoms with Crippen LogP contribution in [0, 0.1) is 36.5 Å². The molecule has 10 rings (SSSR count). The molecule has 0 radical (unpaired) electrons. The lowest BCUT2D eigenvalue weighted by Gasteiger charge is -2.25. The largest absolute Gasteiger partial charge is 0.467 e. The van der Waals surface area contributed by atoms with Crippen LogP contribution in [-0.2, 0) is 10.8 Å². The third-order valence-corrected chi connectivity index (χ3v) is 14.1. The van der Waals surface area contributed by atoms with E-state index in [1.54, 1.807) is 0 Å². The Hall–Kier alpha value is -9.39. The van der Waals surface area contributed by atoms with E-state index in [9.17, 15) is 10.5 Å². The minimum absolute atomic E-state index is 0.0243. The van der Waals surface area contributed by atoms with Crippen molar-refractivity contribution in [1.82, 2.24) is 38.9 Å². The maximum Gasteiger partial charge on any atom is 0.328 e. The summed E-state index contributed by atoms with van der Waals surface area (Å²) in [6, 6.07) is 63.7. The lowest BCUT2D eigenvalue weighted by Crippen LogP contribution is -2.54. The van der Waals surface area contributed by atoms with Crippen molar-refractivity contribution in [1.29, 1.82) is 10.5 Å². The summed E-state index contributed by atoms with van der Waals surface area (Å²) in [5, 5.41) is 26.9. The van der Waals surface area contributed by atoms with Crippen LogP contribution >= 0.6 is 0 Å². The molecule has 0 unspecified atom stereocenters. The molecule has 382 valence electrons. The van der Waals surface area contributed by atoms with Crippen LogP contribution in [0.3, 0.4) is 0 Å². The molecule has 6 aromatic carbocycles. The molecule has 4 heterocycles. The molecule has 0 aliphatic rings. The minimum atomic E-state index is -0.613. The highest BCUT2D eigenvalue weighted by Crippen LogP contribution is 2.39. The summed E-state index contributed by atoms with van der Waals surface area (Å²) >= 11 is 0. The van der Waals surface area contributed by atoms with Crippen molar-refractivity contribution >= 4 is 57.5 Å². The quantitative estimate of drug-likeness (QED) is 0.110. The van der Waals surface area contributed by atoms with Crippen molar-refractivity contribution in [3.05, 3.63) is 215 Å². The Bertz CT molecular complexity index is 3900. The molecule has 0 bridgehead atoms. The van der Waals surface area contributed by atoms with Gasteiger partial charge < -0.3 is 18.4 Å². The molecule has 14 heteroatoms. The summed E-state index contributed by atoms with van der Waals surface area (Å²) in [5.74, 6) is 1.16. The first-order valence-corrected chi connectivity index (χ1v) is 26.0. The van der Waals surface area contributed by atoms with E-state index in [1.807, 2.05) is 86.6 Å². The first kappa shape index (κ1) is 52.1. The summed E-state index contributed by atoms with van der Waals surface area (Å²) in [4.78, 5) is 28.7. The molecule has 0 saturated carbocycles. The van der Waals surface area contributed by atoms with E-state index in [2.05, 4.69) is 170 Å². The molecule has 12 nitrogen and oxygen atoms in total. The van der Waals surface area contributed by atoms with E-state index in [0.29, 0.717) is 33.1 Å². The summed E-state index contributed by atoms with van der Waals surface area (Å²) in [5.41, 5.74) is 8.77. The van der Waals surface area contributed by atoms with E-state index in [4.69, 9.17) is 29.4 Å². The van der Waals surface area contributed by atoms with Gasteiger partial charge in [0.1, 0.15) is 34.9 Å². The van der Waals surface area contributed by atoms with Crippen LogP contribution in [0.2, 0.25) is 0 Å². The maximum absolute atomic E-state index is 12.3. The second-order valence-electron chi connectivity index (χ2n) is 21.4. The third-order valence-electron chi connectivity index (χ3n) is 14.1. The summed E-state index contributed by atoms with van der Waals surface area (Å²) in [6.07, 6.45) is 0. The zero-order chi connectivity index (χ0) is 54.9. The van der Waals surface area contributed by atoms with Gasteiger partial charge in [0, 0.05) is 22.2 Å². The van der Waals surface area contributed by atoms with Crippen molar-refractivity contribution in [2.75, 3.05) is 14.2 Å². The van der Waals surface area contributed by atoms with Gasteiger partial charge in [-0.25, -0.2) is 15.0 Å². The summed E-state index contributed by atoms with van der Waals surface area (Å²) in [7, 11) is 2.94. The Kier molecular flexibility index (Phi) is 14.2. The Labute approximate surface area is 456 Å². The molecule has 10 aromatic rings. The van der Waals surface area contributed by atoms with Crippen LogP contribution in [0.1, 0.15) is 76.0 Å². The van der Waals surface area contributed by atoms with Gasteiger partial charge in [0.05, 0.1) is 24.9 Å². The van der Waals surface area contributed by atoms with Crippen LogP contribution in [0.5, 0.6) is 12.0 Å². The highest BCUT2D eigenvalue weighted by atomic mass is 16.5. The lowest BCUT2D eigenvalue weighted by atomic mass is 9.50. The Morgan fingerprint density at radius 1 is 0.436 bits per heavy atom. The van der Waals surface area contributed by atoms with Crippen LogP contribution in [0.15, 0.2) is 170 Å². The Balaban J connectivity index is 1.67. The fraction of sp³-hybridized carbons (Fsp3) is 0.188. The number of ether oxygens (including phenoxy) is 2. The van der Waals surface area contributed by atoms with E-state index in [1.165, 1.54) is 14.2 Å². The van der Waals surface area contributed by atoms with Crippen LogP contribution in [0.25, 0.3) is 44.4 Å². The molecule has 0 saturated heterocycles. The first-order valence-electron chi connectivity index (χ1n) is 26.0. The van der Waals surface area contributed by atoms with Crippen molar-refractivity contribution in [2.45, 2.75) is 66.2 Å². The SMILES string of the molecule is COc1nc(OC)nc(/C(C#N)=c2/c3c(-c4cccc(C(C)(C)C)c4)n(B(c4ccccc4)c4ccccc4)/c(=C(/C#N)c4nc(C)nc(C)n4)c3c(-c3cccc(C(C)(C)C)c3)n2B(c2ccccc2)c2ccccc2)n1. The summed E-state index contributed by atoms with van der Waals surface area (Å²) < 4.78 is 16.0. The molecule has 0 fully saturated rings. The number of aryl methyl sites for hydroxylation is 2. The molecule has 0 aliphatic carbocycles. The minimum Gasteiger partial charge on any atom is -0.467 e. The molecule has 0 atom stereocenters. The molecule has 4 aromatic heterocycles. The molecule has 0 N–H and O–H groups in total. The van der Waals surface area contributed by atoms with E-state index >= 15 is 0 Å². The van der Waals surface area contributed by atoms with Crippen molar-refractivity contribution in [3.63, 3.8) is 0 Å². The van der Waals surface area contributed by atoms with Crippen LogP contribution in [-0.4, -0.2) is 66.8 Å². The molecule has 0 amide bonds. The highest BCUT2D eigenvalue weighted by molar-refractivity contribution is 6.85. The number of fused-ring (bicyclic) bond motifs is 1. The number of nitriles is 2. The van der Waals surface area contributed by atoms with E-state index < -0.39 is 13.7 Å². The van der Waals surface area contributed by atoms with Gasteiger partial charge in [0.25, 0.3) is 0 Å². The van der Waals surface area contributed by atoms with Crippen LogP contribution in [0.4, 0.5) is 0 Å². The maximum atomic E-state index is 12.3. The van der Waals surface area contributed by atoms with Gasteiger partial charge in [-0.1, -0.05) is 221 Å². The summed E-state index contributed by atoms with van der Waals surface area (Å²) in [6.45, 7) is 15.6. The fourth-order valence-electron chi connectivity index (χ4n) is 10.5. The Morgan fingerprint density at radius 3 is 1.08 bits per heavy atom. The number of nitrogens with zero attached hydrogens (tertiary/aromatic N) is 10. The second kappa shape index (κ2) is 21.3. The van der Waals surface area contributed by atoms with Crippen molar-refractivity contribution < 1.29 is 9.47 Å². The zero-order valence-corrected chi connectivity index (χ0v) is 45.6. The van der Waals surface area contributed by atoms with Crippen molar-refractivity contribution in [2.24, 2.45) is 0 Å². The van der Waals surface area contributed by atoms with Crippen LogP contribution < -0.4 is 42.0 Å². The van der Waals surface area contributed by atoms with E-state index in [0.717, 1.165) is 55.5 Å². The number of aromatic nitrogens is 8. The number of rotatable bonds is 12. The van der Waals surface area contributed by atoms with Gasteiger partial charge in [-0.15, -0.1) is 4.98 Å². The normalized spacial score (nSPS) is 12.4. The smallest absolute Gasteiger partial charge is 0.328 e. The molecular formula is C64H58B2N10O2. The standard InChI is InChI=1S/C64H58B2N10O2/c1-41-69-42(2)71-59(70-41)51(39-67)57-53-54(56(44-26-24-28-46(38-44)64(6,7)8)75(57)65(47-29-15-11-16-30-47)48-31-17-12-18-32-48)58(52(40-68)60-72-61(77-9)74-62(73-60)78-10)76(55(53)43-25-23-27-45(37-43)63(3,4)5)66(49-33-19-13-20-34-49)50-35-21-14-22-36-50/h11-38H,1-10H3/b57-51-,58-52-. The van der Waals surface area contributed by atoms with E-state index in [-0.39, 0.29) is 45.6 Å². The van der Waals surface area contributed by atoms with Gasteiger partial charge in [-0.05, 0) is 59.1 Å². The van der Waals surface area contributed by atoms with Gasteiger partial charge in [-0.3, -0.25) is 0 Å². The number of hydrogen-bond donors (Lipinski definition) is 0. The first-order chi connectivity index (χ1) is 37.6. The topological polar surface area (TPSA) is 153 Å². The zero-order valence-electron chi connectivity index (χ0n) is 45.6. The van der Waals surface area contributed by atoms with Gasteiger partial charge in [0.15, 0.2) is 11.6 Å². The number of benzene rings is 6. The number of hydrogen-bond acceptors (Lipinski definition) is 10. The third kappa shape index (κ3) is 9.85. The molecule has 78 heavy (non-hydrogen) atoms. The monoisotopic (exact) mass is 1020 g/mol. The average Bonchev–Trinajstić information content (AvgIpc) is 3.88. The predicted octanol–water partition coefficient (Wildman–Crippen LogP) is 8.13. The lowest BCUT2D eigenvalue weighted by molar-refractivity contribution is 0.339. The number of methoxy groups -OCH3 is 2. The van der Waals surface area contributed by atoms with Crippen molar-refractivity contribution in [3.8, 4) is 46.7 Å². The second-order valence-corrected chi connectivity index (χ2v) is 21.4. The van der Waals surface area contributed by atoms with Gasteiger partial charge in [0.2, 0.25) is 0 Å². The molecular weight excluding hydrogens is 962 g/mol. The predicted molar refractivity (Wildman–Crippen MR) is 313 cm³/mol. The average molecular weight is 1020 g/mol. The Morgan fingerprint density at radius 2 is 0.769 bits per heavy atom. The molecule has 0 spiro atoms. The van der Waals surface area contributed by atoms with Gasteiger partial charge >= 0.3 is 25.7 Å².